The molecular weight excluding hydrogens is 499 g/mol. The number of fused-ring (bicyclic) bond motifs is 1. The summed E-state index contributed by atoms with van der Waals surface area (Å²) in [5.41, 5.74) is 1.92. The van der Waals surface area contributed by atoms with E-state index < -0.39 is 21.9 Å². The van der Waals surface area contributed by atoms with Crippen molar-refractivity contribution < 1.29 is 22.3 Å². The maximum Gasteiger partial charge on any atom is 0.243 e. The number of ether oxygens (including phenoxy) is 1. The maximum atomic E-state index is 14.2. The Morgan fingerprint density at radius 2 is 1.92 bits per heavy atom. The van der Waals surface area contributed by atoms with Crippen molar-refractivity contribution in [3.63, 3.8) is 0 Å². The van der Waals surface area contributed by atoms with Crippen molar-refractivity contribution in [2.24, 2.45) is 0 Å². The van der Waals surface area contributed by atoms with Crippen LogP contribution in [0.2, 0.25) is 0 Å². The summed E-state index contributed by atoms with van der Waals surface area (Å²) in [7, 11) is -3.88. The molecule has 0 bridgehead atoms. The van der Waals surface area contributed by atoms with Crippen LogP contribution in [-0.2, 0) is 21.2 Å². The molecule has 0 radical (unpaired) electrons. The summed E-state index contributed by atoms with van der Waals surface area (Å²) in [6.45, 7) is 5.84. The number of rotatable bonds is 9. The molecule has 9 heteroatoms. The lowest BCUT2D eigenvalue weighted by Gasteiger charge is -2.37. The van der Waals surface area contributed by atoms with Crippen LogP contribution in [0.15, 0.2) is 64.9 Å². The number of aryl methyl sites for hydroxylation is 1. The molecule has 0 saturated heterocycles. The lowest BCUT2D eigenvalue weighted by Crippen LogP contribution is -2.49. The summed E-state index contributed by atoms with van der Waals surface area (Å²) in [5.74, 6) is -0.649. The van der Waals surface area contributed by atoms with E-state index in [1.807, 2.05) is 32.2 Å². The van der Waals surface area contributed by atoms with E-state index in [4.69, 9.17) is 4.74 Å². The predicted molar refractivity (Wildman–Crippen MR) is 139 cm³/mol. The molecule has 0 fully saturated rings. The molecule has 1 amide bonds. The fourth-order valence-corrected chi connectivity index (χ4v) is 6.94. The molecule has 0 saturated carbocycles. The minimum atomic E-state index is -3.88. The summed E-state index contributed by atoms with van der Waals surface area (Å²) in [4.78, 5) is 16.7. The molecule has 2 aromatic carbocycles. The van der Waals surface area contributed by atoms with Crippen molar-refractivity contribution >= 4 is 27.3 Å². The smallest absolute Gasteiger partial charge is 0.243 e. The van der Waals surface area contributed by atoms with Gasteiger partial charge in [0.2, 0.25) is 15.9 Å². The van der Waals surface area contributed by atoms with E-state index in [1.165, 1.54) is 10.4 Å². The van der Waals surface area contributed by atoms with E-state index >= 15 is 0 Å². The van der Waals surface area contributed by atoms with Crippen LogP contribution in [0.5, 0.6) is 5.75 Å². The Kier molecular flexibility index (Phi) is 8.12. The molecule has 1 aromatic heterocycles. The van der Waals surface area contributed by atoms with E-state index in [9.17, 15) is 17.6 Å². The predicted octanol–water partition coefficient (Wildman–Crippen LogP) is 5.19. The Bertz CT molecular complexity index is 1310. The van der Waals surface area contributed by atoms with Crippen molar-refractivity contribution in [1.82, 2.24) is 9.21 Å². The van der Waals surface area contributed by atoms with Crippen molar-refractivity contribution in [3.8, 4) is 5.75 Å². The Labute approximate surface area is 216 Å². The van der Waals surface area contributed by atoms with Crippen LogP contribution < -0.4 is 4.74 Å². The monoisotopic (exact) mass is 530 g/mol. The van der Waals surface area contributed by atoms with Gasteiger partial charge in [-0.05, 0) is 68.0 Å². The molecule has 0 unspecified atom stereocenters. The SMILES string of the molecule is CC[C@H](C)N(CC(=O)N1CCc2sccc2[C@@H]1COc1ccccc1F)S(=O)(=O)c1ccc(C)cc1. The molecule has 4 rings (SSSR count). The van der Waals surface area contributed by atoms with Crippen molar-refractivity contribution in [1.29, 1.82) is 0 Å². The summed E-state index contributed by atoms with van der Waals surface area (Å²) in [5, 5.41) is 1.97. The molecule has 36 heavy (non-hydrogen) atoms. The Balaban J connectivity index is 1.59. The zero-order valence-electron chi connectivity index (χ0n) is 20.7. The van der Waals surface area contributed by atoms with E-state index in [1.54, 1.807) is 58.7 Å². The molecule has 2 heterocycles. The average molecular weight is 531 g/mol. The van der Waals surface area contributed by atoms with Crippen molar-refractivity contribution in [2.75, 3.05) is 19.7 Å². The number of benzene rings is 2. The van der Waals surface area contributed by atoms with Gasteiger partial charge in [0.1, 0.15) is 6.61 Å². The van der Waals surface area contributed by atoms with Crippen LogP contribution >= 0.6 is 11.3 Å². The molecule has 3 aromatic rings. The minimum absolute atomic E-state index is 0.0739. The van der Waals surface area contributed by atoms with Gasteiger partial charge in [-0.15, -0.1) is 11.3 Å². The van der Waals surface area contributed by atoms with E-state index in [-0.39, 0.29) is 35.7 Å². The number of halogens is 1. The highest BCUT2D eigenvalue weighted by molar-refractivity contribution is 7.89. The van der Waals surface area contributed by atoms with Gasteiger partial charge in [0.15, 0.2) is 11.6 Å². The van der Waals surface area contributed by atoms with Gasteiger partial charge >= 0.3 is 0 Å². The minimum Gasteiger partial charge on any atom is -0.488 e. The molecule has 1 aliphatic heterocycles. The topological polar surface area (TPSA) is 66.9 Å². The zero-order chi connectivity index (χ0) is 25.9. The van der Waals surface area contributed by atoms with E-state index in [2.05, 4.69) is 0 Å². The van der Waals surface area contributed by atoms with Gasteiger partial charge in [0, 0.05) is 17.5 Å². The number of hydrogen-bond donors (Lipinski definition) is 0. The van der Waals surface area contributed by atoms with Crippen LogP contribution in [-0.4, -0.2) is 49.3 Å². The van der Waals surface area contributed by atoms with E-state index in [0.717, 1.165) is 16.0 Å². The fourth-order valence-electron chi connectivity index (χ4n) is 4.36. The second kappa shape index (κ2) is 11.1. The molecule has 6 nitrogen and oxygen atoms in total. The summed E-state index contributed by atoms with van der Waals surface area (Å²) in [6, 6.07) is 14.0. The first-order chi connectivity index (χ1) is 17.2. The number of thiophene rings is 1. The number of sulfonamides is 1. The average Bonchev–Trinajstić information content (AvgIpc) is 3.35. The third-order valence-corrected chi connectivity index (χ3v) is 9.62. The van der Waals surface area contributed by atoms with Gasteiger partial charge in [-0.3, -0.25) is 4.79 Å². The standard InChI is InChI=1S/C27H31FN2O4S2/c1-4-20(3)30(36(32,33)21-11-9-19(2)10-12-21)17-27(31)29-15-13-26-22(14-16-35-26)24(29)18-34-25-8-6-5-7-23(25)28/h5-12,14,16,20,24H,4,13,15,17-18H2,1-3H3/t20-,24-/m0/s1. The van der Waals surface area contributed by atoms with Crippen LogP contribution in [0.1, 0.15) is 42.3 Å². The molecule has 0 N–H and O–H groups in total. The van der Waals surface area contributed by atoms with Gasteiger partial charge in [-0.25, -0.2) is 12.8 Å². The first-order valence-corrected chi connectivity index (χ1v) is 14.4. The number of carbonyl (C=O) groups is 1. The largest absolute Gasteiger partial charge is 0.488 e. The van der Waals surface area contributed by atoms with E-state index in [0.29, 0.717) is 19.4 Å². The Morgan fingerprint density at radius 1 is 1.19 bits per heavy atom. The third-order valence-electron chi connectivity index (χ3n) is 6.65. The highest BCUT2D eigenvalue weighted by Crippen LogP contribution is 2.34. The first-order valence-electron chi connectivity index (χ1n) is 12.0. The fraction of sp³-hybridized carbons (Fsp3) is 0.370. The van der Waals surface area contributed by atoms with Crippen LogP contribution in [0.3, 0.4) is 0 Å². The Hall–Kier alpha value is -2.75. The Morgan fingerprint density at radius 3 is 2.61 bits per heavy atom. The van der Waals surface area contributed by atoms with Crippen LogP contribution in [0.25, 0.3) is 0 Å². The highest BCUT2D eigenvalue weighted by atomic mass is 32.2. The normalized spacial score (nSPS) is 16.6. The number of amides is 1. The zero-order valence-corrected chi connectivity index (χ0v) is 22.3. The summed E-state index contributed by atoms with van der Waals surface area (Å²) < 4.78 is 48.4. The lowest BCUT2D eigenvalue weighted by molar-refractivity contribution is -0.135. The molecule has 0 aliphatic carbocycles. The van der Waals surface area contributed by atoms with Gasteiger partial charge in [-0.2, -0.15) is 4.31 Å². The lowest BCUT2D eigenvalue weighted by atomic mass is 10.0. The summed E-state index contributed by atoms with van der Waals surface area (Å²) >= 11 is 1.62. The second-order valence-corrected chi connectivity index (χ2v) is 11.9. The summed E-state index contributed by atoms with van der Waals surface area (Å²) in [6.07, 6.45) is 1.25. The quantitative estimate of drug-likeness (QED) is 0.382. The molecule has 1 aliphatic rings. The van der Waals surface area contributed by atoms with Crippen molar-refractivity contribution in [2.45, 2.75) is 50.6 Å². The van der Waals surface area contributed by atoms with Crippen LogP contribution in [0, 0.1) is 12.7 Å². The highest BCUT2D eigenvalue weighted by Gasteiger charge is 2.36. The number of carbonyl (C=O) groups excluding carboxylic acids is 1. The number of nitrogens with zero attached hydrogens (tertiary/aromatic N) is 2. The second-order valence-electron chi connectivity index (χ2n) is 9.01. The van der Waals surface area contributed by atoms with Crippen molar-refractivity contribution in [3.05, 3.63) is 81.8 Å². The first kappa shape index (κ1) is 26.3. The molecule has 0 spiro atoms. The number of para-hydroxylation sites is 1. The third kappa shape index (κ3) is 5.48. The molecular formula is C27H31FN2O4S2. The number of hydrogen-bond acceptors (Lipinski definition) is 5. The van der Waals surface area contributed by atoms with Gasteiger partial charge in [-0.1, -0.05) is 36.8 Å². The van der Waals surface area contributed by atoms with Gasteiger partial charge < -0.3 is 9.64 Å². The van der Waals surface area contributed by atoms with Gasteiger partial charge in [0.05, 0.1) is 17.5 Å². The molecule has 192 valence electrons. The van der Waals surface area contributed by atoms with Gasteiger partial charge in [0.25, 0.3) is 0 Å². The maximum absolute atomic E-state index is 14.2. The molecule has 2 atom stereocenters. The van der Waals surface area contributed by atoms with Crippen LogP contribution in [0.4, 0.5) is 4.39 Å².